The van der Waals surface area contributed by atoms with Crippen molar-refractivity contribution >= 4 is 22.8 Å². The summed E-state index contributed by atoms with van der Waals surface area (Å²) in [5.41, 5.74) is -0.662. The number of halogens is 1. The molecule has 0 radical (unpaired) electrons. The number of piperazine rings is 1. The molecule has 8 heteroatoms. The Hall–Kier alpha value is -2.48. The van der Waals surface area contributed by atoms with Crippen LogP contribution in [0.25, 0.3) is 11.0 Å². The number of pyridine rings is 2. The number of carbonyl (C=O) groups is 1. The molecular weight excluding hydrogens is 375 g/mol. The van der Waals surface area contributed by atoms with E-state index >= 15 is 4.39 Å². The van der Waals surface area contributed by atoms with E-state index in [2.05, 4.69) is 28.8 Å². The van der Waals surface area contributed by atoms with E-state index in [0.29, 0.717) is 12.2 Å². The van der Waals surface area contributed by atoms with Gasteiger partial charge in [-0.05, 0) is 52.1 Å². The molecule has 0 aromatic carbocycles. The van der Waals surface area contributed by atoms with Crippen molar-refractivity contribution in [1.82, 2.24) is 14.5 Å². The summed E-state index contributed by atoms with van der Waals surface area (Å²) in [5, 5.41) is 9.44. The molecule has 154 valence electrons. The molecule has 1 saturated carbocycles. The Labute approximate surface area is 167 Å². The van der Waals surface area contributed by atoms with Gasteiger partial charge in [-0.3, -0.25) is 9.69 Å². The molecule has 1 N–H and O–H groups in total. The van der Waals surface area contributed by atoms with Gasteiger partial charge in [0.1, 0.15) is 11.2 Å². The average Bonchev–Trinajstić information content (AvgIpc) is 3.51. The fourth-order valence-corrected chi connectivity index (χ4v) is 4.96. The number of aromatic carboxylic acids is 1. The molecule has 2 unspecified atom stereocenters. The fourth-order valence-electron chi connectivity index (χ4n) is 4.96. The van der Waals surface area contributed by atoms with Crippen molar-refractivity contribution in [2.75, 3.05) is 25.0 Å². The van der Waals surface area contributed by atoms with E-state index in [1.54, 1.807) is 4.57 Å². The minimum atomic E-state index is -1.29. The second-order valence-corrected chi connectivity index (χ2v) is 9.03. The summed E-state index contributed by atoms with van der Waals surface area (Å²) >= 11 is 0. The summed E-state index contributed by atoms with van der Waals surface area (Å²) in [6, 6.07) is 1.48. The quantitative estimate of drug-likeness (QED) is 0.853. The van der Waals surface area contributed by atoms with Gasteiger partial charge in [-0.1, -0.05) is 0 Å². The largest absolute Gasteiger partial charge is 0.477 e. The first-order valence-corrected chi connectivity index (χ1v) is 10.2. The van der Waals surface area contributed by atoms with Crippen LogP contribution in [0.2, 0.25) is 0 Å². The lowest BCUT2D eigenvalue weighted by molar-refractivity contribution is 0.0695. The normalized spacial score (nSPS) is 27.4. The lowest BCUT2D eigenvalue weighted by Crippen LogP contribution is -2.61. The van der Waals surface area contributed by atoms with Crippen molar-refractivity contribution in [3.05, 3.63) is 33.9 Å². The van der Waals surface area contributed by atoms with Crippen LogP contribution < -0.4 is 10.3 Å². The van der Waals surface area contributed by atoms with Gasteiger partial charge in [-0.15, -0.1) is 0 Å². The second-order valence-electron chi connectivity index (χ2n) is 9.03. The smallest absolute Gasteiger partial charge is 0.341 e. The van der Waals surface area contributed by atoms with Gasteiger partial charge in [0.25, 0.3) is 0 Å². The summed E-state index contributed by atoms with van der Waals surface area (Å²) in [6.07, 6.45) is 6.31. The molecule has 4 fully saturated rings. The van der Waals surface area contributed by atoms with Crippen molar-refractivity contribution < 1.29 is 14.3 Å². The third kappa shape index (κ3) is 2.84. The van der Waals surface area contributed by atoms with Crippen molar-refractivity contribution in [2.24, 2.45) is 0 Å². The van der Waals surface area contributed by atoms with Crippen LogP contribution in [0.15, 0.2) is 17.1 Å². The molecule has 5 heterocycles. The number of fused-ring (bicyclic) bond motifs is 5. The van der Waals surface area contributed by atoms with Crippen molar-refractivity contribution in [1.29, 1.82) is 0 Å². The molecule has 29 heavy (non-hydrogen) atoms. The van der Waals surface area contributed by atoms with E-state index in [9.17, 15) is 14.7 Å². The molecule has 2 atom stereocenters. The molecule has 3 saturated heterocycles. The first-order valence-electron chi connectivity index (χ1n) is 10.2. The molecule has 1 aliphatic carbocycles. The molecule has 4 aliphatic rings. The number of aromatic nitrogens is 2. The highest BCUT2D eigenvalue weighted by Gasteiger charge is 2.44. The van der Waals surface area contributed by atoms with Crippen molar-refractivity contribution in [3.63, 3.8) is 0 Å². The van der Waals surface area contributed by atoms with E-state index in [-0.39, 0.29) is 34.4 Å². The lowest BCUT2D eigenvalue weighted by atomic mass is 9.93. The van der Waals surface area contributed by atoms with Crippen LogP contribution >= 0.6 is 0 Å². The predicted molar refractivity (Wildman–Crippen MR) is 107 cm³/mol. The average molecular weight is 400 g/mol. The van der Waals surface area contributed by atoms with Gasteiger partial charge in [0.2, 0.25) is 5.43 Å². The van der Waals surface area contributed by atoms with Gasteiger partial charge in [0.05, 0.1) is 5.39 Å². The van der Waals surface area contributed by atoms with Crippen LogP contribution in [0.4, 0.5) is 10.2 Å². The van der Waals surface area contributed by atoms with E-state index in [1.807, 2.05) is 0 Å². The molecule has 2 bridgehead atoms. The highest BCUT2D eigenvalue weighted by Crippen LogP contribution is 2.39. The van der Waals surface area contributed by atoms with Crippen LogP contribution in [0.1, 0.15) is 55.4 Å². The zero-order chi connectivity index (χ0) is 20.5. The Bertz CT molecular complexity index is 1080. The van der Waals surface area contributed by atoms with E-state index in [0.717, 1.165) is 38.6 Å². The molecule has 0 amide bonds. The Morgan fingerprint density at radius 2 is 2.07 bits per heavy atom. The maximum Gasteiger partial charge on any atom is 0.341 e. The molecule has 2 aromatic rings. The summed E-state index contributed by atoms with van der Waals surface area (Å²) in [5.74, 6) is -1.57. The second kappa shape index (κ2) is 6.26. The lowest BCUT2D eigenvalue weighted by Gasteiger charge is -2.49. The zero-order valence-corrected chi connectivity index (χ0v) is 16.7. The monoisotopic (exact) mass is 400 g/mol. The van der Waals surface area contributed by atoms with E-state index < -0.39 is 17.2 Å². The predicted octanol–water partition coefficient (Wildman–Crippen LogP) is 2.63. The minimum absolute atomic E-state index is 0.0423. The Morgan fingerprint density at radius 1 is 1.31 bits per heavy atom. The van der Waals surface area contributed by atoms with Crippen LogP contribution in [0, 0.1) is 5.82 Å². The Morgan fingerprint density at radius 3 is 2.76 bits per heavy atom. The van der Waals surface area contributed by atoms with Gasteiger partial charge >= 0.3 is 5.97 Å². The highest BCUT2D eigenvalue weighted by atomic mass is 19.1. The van der Waals surface area contributed by atoms with Crippen LogP contribution in [-0.2, 0) is 0 Å². The Balaban J connectivity index is 1.69. The zero-order valence-electron chi connectivity index (χ0n) is 16.7. The highest BCUT2D eigenvalue weighted by molar-refractivity contribution is 5.92. The van der Waals surface area contributed by atoms with E-state index in [4.69, 9.17) is 0 Å². The maximum absolute atomic E-state index is 15.2. The number of hydrogen-bond donors (Lipinski definition) is 1. The summed E-state index contributed by atoms with van der Waals surface area (Å²) < 4.78 is 17.0. The summed E-state index contributed by atoms with van der Waals surface area (Å²) in [6.45, 7) is 3.74. The van der Waals surface area contributed by atoms with Crippen molar-refractivity contribution in [2.45, 2.75) is 56.7 Å². The third-order valence-electron chi connectivity index (χ3n) is 6.99. The number of anilines is 1. The molecule has 7 nitrogen and oxygen atoms in total. The third-order valence-corrected chi connectivity index (χ3v) is 6.99. The van der Waals surface area contributed by atoms with Crippen LogP contribution in [-0.4, -0.2) is 57.2 Å². The number of hydrogen-bond acceptors (Lipinski definition) is 5. The number of carboxylic acids is 1. The fraction of sp³-hybridized carbons (Fsp3) is 0.571. The molecule has 6 rings (SSSR count). The first kappa shape index (κ1) is 18.5. The first-order chi connectivity index (χ1) is 13.8. The number of likely N-dealkylation sites (N-methyl/N-ethyl adjacent to an activating group) is 1. The van der Waals surface area contributed by atoms with Gasteiger partial charge in [-0.25, -0.2) is 14.2 Å². The van der Waals surface area contributed by atoms with Crippen LogP contribution in [0.3, 0.4) is 0 Å². The molecule has 0 spiro atoms. The van der Waals surface area contributed by atoms with E-state index in [1.165, 1.54) is 12.3 Å². The SMILES string of the molecule is CN1CC2CCCC1(C)CN2c1nc2c(cc1F)c(=O)c(C(=O)O)cn2C1CC1. The summed E-state index contributed by atoms with van der Waals surface area (Å²) in [7, 11) is 2.12. The standard InChI is InChI=1S/C21H25FN4O3/c1-21-7-3-4-13(9-24(21)2)26(11-21)19-16(22)8-14-17(27)15(20(28)29)10-25(12-5-6-12)18(14)23-19/h8,10,12-13H,3-7,9,11H2,1-2H3,(H,28,29). The number of rotatable bonds is 3. The molecule has 3 aliphatic heterocycles. The topological polar surface area (TPSA) is 78.7 Å². The summed E-state index contributed by atoms with van der Waals surface area (Å²) in [4.78, 5) is 33.2. The molecule has 2 aromatic heterocycles. The molecular formula is C21H25FN4O3. The Kier molecular flexibility index (Phi) is 4.00. The van der Waals surface area contributed by atoms with Gasteiger partial charge < -0.3 is 14.6 Å². The number of carboxylic acid groups (broad SMARTS) is 1. The minimum Gasteiger partial charge on any atom is -0.477 e. The van der Waals surface area contributed by atoms with Gasteiger partial charge in [-0.2, -0.15) is 0 Å². The van der Waals surface area contributed by atoms with Gasteiger partial charge in [0.15, 0.2) is 11.6 Å². The number of nitrogens with zero attached hydrogens (tertiary/aromatic N) is 4. The van der Waals surface area contributed by atoms with Gasteiger partial charge in [0, 0.05) is 36.9 Å². The maximum atomic E-state index is 15.2. The van der Waals surface area contributed by atoms with Crippen molar-refractivity contribution in [3.8, 4) is 0 Å². The van der Waals surface area contributed by atoms with Crippen LogP contribution in [0.5, 0.6) is 0 Å².